The van der Waals surface area contributed by atoms with Crippen molar-refractivity contribution < 1.29 is 9.53 Å². The number of ether oxygens (including phenoxy) is 1. The molecule has 5 heteroatoms. The Morgan fingerprint density at radius 2 is 1.86 bits per heavy atom. The van der Waals surface area contributed by atoms with Crippen molar-refractivity contribution in [2.24, 2.45) is 5.92 Å². The van der Waals surface area contributed by atoms with E-state index in [1.54, 1.807) is 12.4 Å². The van der Waals surface area contributed by atoms with E-state index in [-0.39, 0.29) is 12.0 Å². The molecule has 0 saturated carbocycles. The molecule has 148 valence electrons. The molecule has 0 bridgehead atoms. The minimum absolute atomic E-state index is 0.0953. The van der Waals surface area contributed by atoms with Gasteiger partial charge >= 0.3 is 0 Å². The quantitative estimate of drug-likeness (QED) is 0.798. The first-order valence-electron chi connectivity index (χ1n) is 10.3. The van der Waals surface area contributed by atoms with E-state index in [1.807, 2.05) is 47.4 Å². The monoisotopic (exact) mass is 379 g/mol. The maximum Gasteiger partial charge on any atom is 0.255 e. The Hall–Kier alpha value is -2.40. The maximum atomic E-state index is 12.7. The number of likely N-dealkylation sites (tertiary alicyclic amines) is 2. The number of pyridine rings is 1. The third-order valence-corrected chi connectivity index (χ3v) is 6.07. The van der Waals surface area contributed by atoms with E-state index in [0.29, 0.717) is 23.6 Å². The molecule has 3 heterocycles. The molecule has 2 saturated heterocycles. The molecule has 2 aromatic rings. The molecular weight excluding hydrogens is 350 g/mol. The number of hydrogen-bond donors (Lipinski definition) is 0. The molecule has 5 nitrogen and oxygen atoms in total. The number of piperidine rings is 1. The highest BCUT2D eigenvalue weighted by molar-refractivity contribution is 5.93. The van der Waals surface area contributed by atoms with Gasteiger partial charge in [0.15, 0.2) is 0 Å². The van der Waals surface area contributed by atoms with Gasteiger partial charge < -0.3 is 9.64 Å². The van der Waals surface area contributed by atoms with Gasteiger partial charge in [0.1, 0.15) is 11.9 Å². The van der Waals surface area contributed by atoms with Crippen molar-refractivity contribution in [2.75, 3.05) is 19.6 Å². The van der Waals surface area contributed by atoms with Gasteiger partial charge in [-0.3, -0.25) is 14.7 Å². The predicted molar refractivity (Wildman–Crippen MR) is 109 cm³/mol. The Kier molecular flexibility index (Phi) is 5.62. The highest BCUT2D eigenvalue weighted by atomic mass is 16.5. The lowest BCUT2D eigenvalue weighted by Crippen LogP contribution is -2.68. The smallest absolute Gasteiger partial charge is 0.255 e. The molecule has 1 aromatic heterocycles. The summed E-state index contributed by atoms with van der Waals surface area (Å²) in [6, 6.07) is 14.7. The molecule has 4 rings (SSSR count). The Morgan fingerprint density at radius 1 is 1.11 bits per heavy atom. The van der Waals surface area contributed by atoms with E-state index in [1.165, 1.54) is 0 Å². The van der Waals surface area contributed by atoms with Crippen LogP contribution in [0.3, 0.4) is 0 Å². The van der Waals surface area contributed by atoms with Gasteiger partial charge in [-0.05, 0) is 56.9 Å². The van der Waals surface area contributed by atoms with Gasteiger partial charge in [-0.25, -0.2) is 0 Å². The zero-order valence-corrected chi connectivity index (χ0v) is 16.7. The lowest BCUT2D eigenvalue weighted by molar-refractivity contribution is -0.0983. The van der Waals surface area contributed by atoms with Gasteiger partial charge in [0.2, 0.25) is 0 Å². The molecule has 0 aliphatic carbocycles. The highest BCUT2D eigenvalue weighted by Crippen LogP contribution is 2.36. The largest absolute Gasteiger partial charge is 0.487 e. The summed E-state index contributed by atoms with van der Waals surface area (Å²) in [5.74, 6) is 1.60. The van der Waals surface area contributed by atoms with Gasteiger partial charge in [-0.15, -0.1) is 0 Å². The number of nitrogens with zero attached hydrogens (tertiary/aromatic N) is 3. The van der Waals surface area contributed by atoms with Crippen LogP contribution in [0.15, 0.2) is 54.9 Å². The lowest BCUT2D eigenvalue weighted by Gasteiger charge is -2.54. The van der Waals surface area contributed by atoms with Crippen LogP contribution in [0.1, 0.15) is 37.0 Å². The molecule has 2 fully saturated rings. The predicted octanol–water partition coefficient (Wildman–Crippen LogP) is 3.47. The average Bonchev–Trinajstić information content (AvgIpc) is 2.72. The van der Waals surface area contributed by atoms with Gasteiger partial charge in [-0.1, -0.05) is 18.2 Å². The molecule has 0 N–H and O–H groups in total. The summed E-state index contributed by atoms with van der Waals surface area (Å²) >= 11 is 0. The molecule has 0 unspecified atom stereocenters. The fourth-order valence-corrected chi connectivity index (χ4v) is 4.54. The summed E-state index contributed by atoms with van der Waals surface area (Å²) < 4.78 is 6.31. The molecular formula is C23H29N3O2. The first kappa shape index (κ1) is 18.9. The molecule has 1 amide bonds. The second-order valence-corrected chi connectivity index (χ2v) is 8.12. The van der Waals surface area contributed by atoms with Crippen LogP contribution in [0.4, 0.5) is 0 Å². The van der Waals surface area contributed by atoms with E-state index < -0.39 is 0 Å². The fourth-order valence-electron chi connectivity index (χ4n) is 4.54. The highest BCUT2D eigenvalue weighted by Gasteiger charge is 2.47. The third kappa shape index (κ3) is 3.90. The van der Waals surface area contributed by atoms with Crippen LogP contribution in [0.2, 0.25) is 0 Å². The van der Waals surface area contributed by atoms with Gasteiger partial charge in [0.25, 0.3) is 5.91 Å². The summed E-state index contributed by atoms with van der Waals surface area (Å²) in [5, 5.41) is 0. The fraction of sp³-hybridized carbons (Fsp3) is 0.478. The lowest BCUT2D eigenvalue weighted by atomic mass is 9.79. The minimum atomic E-state index is 0.0953. The molecule has 1 aromatic carbocycles. The maximum absolute atomic E-state index is 12.7. The van der Waals surface area contributed by atoms with Crippen LogP contribution in [0.5, 0.6) is 5.75 Å². The summed E-state index contributed by atoms with van der Waals surface area (Å²) in [7, 11) is 0. The van der Waals surface area contributed by atoms with Crippen LogP contribution in [0, 0.1) is 5.92 Å². The minimum Gasteiger partial charge on any atom is -0.487 e. The standard InChI is InChI=1S/C23H29N3O2/c1-17(2)26-16-21(28-20-8-4-3-5-9-20)22(26)18-10-13-25(14-11-18)23(27)19-7-6-12-24-15-19/h3-9,12,15,17-18,21-22H,10-11,13-14,16H2,1-2H3/t21-,22-/m0/s1. The van der Waals surface area contributed by atoms with Crippen LogP contribution in [-0.4, -0.2) is 58.5 Å². The van der Waals surface area contributed by atoms with Crippen molar-refractivity contribution in [3.63, 3.8) is 0 Å². The average molecular weight is 380 g/mol. The Balaban J connectivity index is 1.39. The van der Waals surface area contributed by atoms with Crippen molar-refractivity contribution >= 4 is 5.91 Å². The van der Waals surface area contributed by atoms with Gasteiger partial charge in [-0.2, -0.15) is 0 Å². The first-order valence-corrected chi connectivity index (χ1v) is 10.3. The number of amides is 1. The number of rotatable bonds is 5. The topological polar surface area (TPSA) is 45.7 Å². The molecule has 0 radical (unpaired) electrons. The first-order chi connectivity index (χ1) is 13.6. The van der Waals surface area contributed by atoms with E-state index in [4.69, 9.17) is 4.74 Å². The Labute approximate surface area is 167 Å². The number of aromatic nitrogens is 1. The van der Waals surface area contributed by atoms with E-state index in [2.05, 4.69) is 23.7 Å². The second-order valence-electron chi connectivity index (χ2n) is 8.12. The van der Waals surface area contributed by atoms with Crippen molar-refractivity contribution in [1.82, 2.24) is 14.8 Å². The number of benzene rings is 1. The molecule has 2 aliphatic heterocycles. The van der Waals surface area contributed by atoms with E-state index >= 15 is 0 Å². The SMILES string of the molecule is CC(C)N1C[C@H](Oc2ccccc2)[C@@H]1C1CCN(C(=O)c2cccnc2)CC1. The second kappa shape index (κ2) is 8.31. The van der Waals surface area contributed by atoms with Crippen molar-refractivity contribution in [3.8, 4) is 5.75 Å². The third-order valence-electron chi connectivity index (χ3n) is 6.07. The molecule has 2 aliphatic rings. The normalized spacial score (nSPS) is 23.5. The number of carbonyl (C=O) groups is 1. The van der Waals surface area contributed by atoms with Gasteiger partial charge in [0, 0.05) is 38.1 Å². The molecule has 0 spiro atoms. The summed E-state index contributed by atoms with van der Waals surface area (Å²) in [5.41, 5.74) is 0.679. The van der Waals surface area contributed by atoms with Crippen LogP contribution in [0.25, 0.3) is 0 Å². The number of para-hydroxylation sites is 1. The molecule has 2 atom stereocenters. The summed E-state index contributed by atoms with van der Waals surface area (Å²) in [6.07, 6.45) is 5.64. The number of carbonyl (C=O) groups excluding carboxylic acids is 1. The van der Waals surface area contributed by atoms with Crippen LogP contribution >= 0.6 is 0 Å². The summed E-state index contributed by atoms with van der Waals surface area (Å²) in [4.78, 5) is 21.3. The zero-order chi connectivity index (χ0) is 19.5. The van der Waals surface area contributed by atoms with E-state index in [0.717, 1.165) is 38.2 Å². The summed E-state index contributed by atoms with van der Waals surface area (Å²) in [6.45, 7) is 7.10. The van der Waals surface area contributed by atoms with E-state index in [9.17, 15) is 4.79 Å². The van der Waals surface area contributed by atoms with Crippen molar-refractivity contribution in [2.45, 2.75) is 44.9 Å². The Morgan fingerprint density at radius 3 is 2.50 bits per heavy atom. The zero-order valence-electron chi connectivity index (χ0n) is 16.7. The van der Waals surface area contributed by atoms with Crippen LogP contribution < -0.4 is 4.74 Å². The Bertz CT molecular complexity index is 773. The van der Waals surface area contributed by atoms with Crippen molar-refractivity contribution in [3.05, 3.63) is 60.4 Å². The number of hydrogen-bond acceptors (Lipinski definition) is 4. The van der Waals surface area contributed by atoms with Crippen LogP contribution in [-0.2, 0) is 0 Å². The molecule has 28 heavy (non-hydrogen) atoms. The van der Waals surface area contributed by atoms with Crippen molar-refractivity contribution in [1.29, 1.82) is 0 Å². The van der Waals surface area contributed by atoms with Gasteiger partial charge in [0.05, 0.1) is 11.6 Å².